The second-order valence-electron chi connectivity index (χ2n) is 4.72. The molecule has 0 aromatic heterocycles. The first-order valence-corrected chi connectivity index (χ1v) is 9.83. The van der Waals surface area contributed by atoms with Gasteiger partial charge in [0.15, 0.2) is 0 Å². The summed E-state index contributed by atoms with van der Waals surface area (Å²) >= 11 is 5.90. The molecule has 0 unspecified atom stereocenters. The summed E-state index contributed by atoms with van der Waals surface area (Å²) in [5, 5.41) is 0.0789. The monoisotopic (exact) mass is 374 g/mol. The summed E-state index contributed by atoms with van der Waals surface area (Å²) in [6, 6.07) is 10.3. The molecular weight excluding hydrogens is 360 g/mol. The molecule has 0 aliphatic rings. The van der Waals surface area contributed by atoms with E-state index in [2.05, 4.69) is 9.44 Å². The van der Waals surface area contributed by atoms with Gasteiger partial charge in [0.25, 0.3) is 10.0 Å². The van der Waals surface area contributed by atoms with Crippen LogP contribution < -0.4 is 9.44 Å². The fraction of sp³-hybridized carbons (Fsp3) is 0.143. The summed E-state index contributed by atoms with van der Waals surface area (Å²) in [6.07, 6.45) is 0. The lowest BCUT2D eigenvalue weighted by Crippen LogP contribution is -2.20. The van der Waals surface area contributed by atoms with Crippen molar-refractivity contribution in [1.82, 2.24) is 4.72 Å². The molecule has 9 heteroatoms. The van der Waals surface area contributed by atoms with E-state index in [-0.39, 0.29) is 20.5 Å². The fourth-order valence-corrected chi connectivity index (χ4v) is 4.50. The summed E-state index contributed by atoms with van der Waals surface area (Å²) in [5.74, 6) is 0. The van der Waals surface area contributed by atoms with Crippen molar-refractivity contribution in [2.45, 2.75) is 16.7 Å². The molecule has 0 aliphatic heterocycles. The standard InChI is InChI=1S/C14H15ClN2O4S2/c1-10-7-8-11(9-14(10)22(18,19)16-2)17-23(20,21)13-6-4-3-5-12(13)15/h3-9,16-17H,1-2H3. The number of sulfonamides is 2. The number of benzene rings is 2. The molecule has 0 amide bonds. The van der Waals surface area contributed by atoms with E-state index in [4.69, 9.17) is 11.6 Å². The third-order valence-electron chi connectivity index (χ3n) is 3.12. The summed E-state index contributed by atoms with van der Waals surface area (Å²) in [7, 11) is -6.33. The fourth-order valence-electron chi connectivity index (χ4n) is 1.94. The molecule has 0 saturated heterocycles. The molecule has 0 atom stereocenters. The predicted molar refractivity (Wildman–Crippen MR) is 89.7 cm³/mol. The number of rotatable bonds is 5. The number of anilines is 1. The van der Waals surface area contributed by atoms with Crippen LogP contribution in [0.5, 0.6) is 0 Å². The highest BCUT2D eigenvalue weighted by Crippen LogP contribution is 2.25. The zero-order valence-electron chi connectivity index (χ0n) is 12.4. The van der Waals surface area contributed by atoms with Gasteiger partial charge in [0.1, 0.15) is 4.90 Å². The Morgan fingerprint density at radius 1 is 0.913 bits per heavy atom. The Morgan fingerprint density at radius 2 is 1.57 bits per heavy atom. The second kappa shape index (κ2) is 6.48. The molecule has 2 aromatic carbocycles. The van der Waals surface area contributed by atoms with Crippen LogP contribution in [0.25, 0.3) is 0 Å². The summed E-state index contributed by atoms with van der Waals surface area (Å²) in [5.41, 5.74) is 0.629. The highest BCUT2D eigenvalue weighted by Gasteiger charge is 2.20. The lowest BCUT2D eigenvalue weighted by Gasteiger charge is -2.12. The summed E-state index contributed by atoms with van der Waals surface area (Å²) in [4.78, 5) is -0.0837. The van der Waals surface area contributed by atoms with E-state index in [0.29, 0.717) is 5.56 Å². The largest absolute Gasteiger partial charge is 0.280 e. The Kier molecular flexibility index (Phi) is 5.00. The lowest BCUT2D eigenvalue weighted by molar-refractivity contribution is 0.587. The van der Waals surface area contributed by atoms with Crippen LogP contribution in [0, 0.1) is 6.92 Å². The van der Waals surface area contributed by atoms with Crippen LogP contribution in [-0.4, -0.2) is 23.9 Å². The third kappa shape index (κ3) is 3.84. The van der Waals surface area contributed by atoms with E-state index in [1.165, 1.54) is 37.4 Å². The van der Waals surface area contributed by atoms with Crippen molar-refractivity contribution in [2.75, 3.05) is 11.8 Å². The predicted octanol–water partition coefficient (Wildman–Crippen LogP) is 2.36. The molecule has 0 fully saturated rings. The van der Waals surface area contributed by atoms with Gasteiger partial charge in [-0.3, -0.25) is 4.72 Å². The van der Waals surface area contributed by atoms with Crippen molar-refractivity contribution in [3.63, 3.8) is 0 Å². The quantitative estimate of drug-likeness (QED) is 0.840. The zero-order chi connectivity index (χ0) is 17.3. The Hall–Kier alpha value is -1.61. The lowest BCUT2D eigenvalue weighted by atomic mass is 10.2. The van der Waals surface area contributed by atoms with Crippen molar-refractivity contribution in [3.05, 3.63) is 53.1 Å². The van der Waals surface area contributed by atoms with Crippen LogP contribution in [0.4, 0.5) is 5.69 Å². The van der Waals surface area contributed by atoms with Crippen LogP contribution in [0.1, 0.15) is 5.56 Å². The number of aryl methyl sites for hydroxylation is 1. The van der Waals surface area contributed by atoms with Gasteiger partial charge >= 0.3 is 0 Å². The van der Waals surface area contributed by atoms with E-state index in [1.807, 2.05) is 0 Å². The number of hydrogen-bond donors (Lipinski definition) is 2. The zero-order valence-corrected chi connectivity index (χ0v) is 14.8. The molecule has 0 spiro atoms. The highest BCUT2D eigenvalue weighted by molar-refractivity contribution is 7.93. The maximum atomic E-state index is 12.4. The Bertz CT molecular complexity index is 941. The molecule has 2 rings (SSSR count). The van der Waals surface area contributed by atoms with Crippen LogP contribution in [-0.2, 0) is 20.0 Å². The molecular formula is C14H15ClN2O4S2. The van der Waals surface area contributed by atoms with Gasteiger partial charge in [-0.25, -0.2) is 21.6 Å². The molecule has 23 heavy (non-hydrogen) atoms. The normalized spacial score (nSPS) is 12.1. The van der Waals surface area contributed by atoms with Crippen molar-refractivity contribution in [1.29, 1.82) is 0 Å². The van der Waals surface area contributed by atoms with Gasteiger partial charge in [0.05, 0.1) is 15.6 Å². The van der Waals surface area contributed by atoms with E-state index < -0.39 is 20.0 Å². The van der Waals surface area contributed by atoms with Crippen molar-refractivity contribution in [2.24, 2.45) is 0 Å². The minimum absolute atomic E-state index is 0.000594. The van der Waals surface area contributed by atoms with Crippen LogP contribution in [0.3, 0.4) is 0 Å². The van der Waals surface area contributed by atoms with Crippen molar-refractivity contribution >= 4 is 37.3 Å². The first-order valence-electron chi connectivity index (χ1n) is 6.49. The van der Waals surface area contributed by atoms with Gasteiger partial charge in [-0.15, -0.1) is 0 Å². The maximum Gasteiger partial charge on any atom is 0.263 e. The van der Waals surface area contributed by atoms with Crippen molar-refractivity contribution in [3.8, 4) is 0 Å². The smallest absolute Gasteiger partial charge is 0.263 e. The van der Waals surface area contributed by atoms with Gasteiger partial charge in [-0.05, 0) is 43.8 Å². The molecule has 0 bridgehead atoms. The summed E-state index contributed by atoms with van der Waals surface area (Å²) in [6.45, 7) is 1.62. The highest BCUT2D eigenvalue weighted by atomic mass is 35.5. The maximum absolute atomic E-state index is 12.4. The van der Waals surface area contributed by atoms with E-state index in [9.17, 15) is 16.8 Å². The average Bonchev–Trinajstić information content (AvgIpc) is 2.49. The molecule has 124 valence electrons. The van der Waals surface area contributed by atoms with Crippen LogP contribution in [0.2, 0.25) is 5.02 Å². The Labute approximate surface area is 140 Å². The topological polar surface area (TPSA) is 92.3 Å². The first kappa shape index (κ1) is 17.7. The van der Waals surface area contributed by atoms with Gasteiger partial charge < -0.3 is 0 Å². The van der Waals surface area contributed by atoms with Crippen molar-refractivity contribution < 1.29 is 16.8 Å². The number of halogens is 1. The Balaban J connectivity index is 2.46. The molecule has 0 aliphatic carbocycles. The van der Waals surface area contributed by atoms with E-state index in [1.54, 1.807) is 19.1 Å². The molecule has 2 N–H and O–H groups in total. The second-order valence-corrected chi connectivity index (χ2v) is 8.64. The Morgan fingerprint density at radius 3 is 2.17 bits per heavy atom. The minimum Gasteiger partial charge on any atom is -0.280 e. The van der Waals surface area contributed by atoms with E-state index >= 15 is 0 Å². The SMILES string of the molecule is CNS(=O)(=O)c1cc(NS(=O)(=O)c2ccccc2Cl)ccc1C. The number of nitrogens with one attached hydrogen (secondary N) is 2. The molecule has 0 heterocycles. The van der Waals surface area contributed by atoms with Crippen LogP contribution in [0.15, 0.2) is 52.3 Å². The average molecular weight is 375 g/mol. The first-order chi connectivity index (χ1) is 10.7. The molecule has 0 saturated carbocycles. The minimum atomic E-state index is -3.92. The molecule has 0 radical (unpaired) electrons. The van der Waals surface area contributed by atoms with Crippen LogP contribution >= 0.6 is 11.6 Å². The van der Waals surface area contributed by atoms with Gasteiger partial charge in [0.2, 0.25) is 10.0 Å². The van der Waals surface area contributed by atoms with Gasteiger partial charge in [-0.1, -0.05) is 29.8 Å². The molecule has 2 aromatic rings. The number of hydrogen-bond acceptors (Lipinski definition) is 4. The summed E-state index contributed by atoms with van der Waals surface area (Å²) < 4.78 is 53.2. The third-order valence-corrected chi connectivity index (χ3v) is 6.56. The molecule has 6 nitrogen and oxygen atoms in total. The van der Waals surface area contributed by atoms with Gasteiger partial charge in [0, 0.05) is 0 Å². The van der Waals surface area contributed by atoms with E-state index in [0.717, 1.165) is 0 Å². The van der Waals surface area contributed by atoms with Gasteiger partial charge in [-0.2, -0.15) is 0 Å².